The van der Waals surface area contributed by atoms with E-state index < -0.39 is 41.7 Å². The largest absolute Gasteiger partial charge is 3.00 e. The van der Waals surface area contributed by atoms with Crippen LogP contribution in [-0.2, 0) is 40.2 Å². The Bertz CT molecular complexity index is 2180. The molecule has 0 heterocycles. The van der Waals surface area contributed by atoms with Gasteiger partial charge in [-0.3, -0.25) is 0 Å². The molecule has 0 fully saturated rings. The van der Waals surface area contributed by atoms with Crippen molar-refractivity contribution in [2.45, 2.75) is 49.8 Å². The molecule has 2 N–H and O–H groups in total. The summed E-state index contributed by atoms with van der Waals surface area (Å²) >= 11 is 0. The predicted octanol–water partition coefficient (Wildman–Crippen LogP) is 10.9. The second-order valence-corrected chi connectivity index (χ2v) is 15.6. The maximum Gasteiger partial charge on any atom is 3.00 e. The average molecular weight is 904 g/mol. The third-order valence-corrected chi connectivity index (χ3v) is 10.3. The summed E-state index contributed by atoms with van der Waals surface area (Å²) < 4.78 is 89.0. The van der Waals surface area contributed by atoms with Crippen LogP contribution in [0, 0.1) is 6.92 Å². The summed E-state index contributed by atoms with van der Waals surface area (Å²) in [4.78, 5) is 11.2. The maximum atomic E-state index is 12.8. The van der Waals surface area contributed by atoms with Crippen LogP contribution in [0.1, 0.15) is 59.7 Å². The van der Waals surface area contributed by atoms with Crippen molar-refractivity contribution in [2.24, 2.45) is 5.73 Å². The Morgan fingerprint density at radius 3 is 1.44 bits per heavy atom. The molecule has 6 aromatic rings. The standard InChI is InChI=1S/C21H18F3N2O2S.C12H11O4P.C10H14.Ru/c22-21(23,24)17-11-13-18(14-12-17)29(27,28)26-20(16-9-5-2-6-10-16)19(25)15-7-3-1-4-8-15;13-17(14,15-11-7-3-1-4-8-11)16-12-9-5-2-6-10-12;1-8(2)10-6-4-9(3)5-7-10;/h1-14,19-20H,25H2;1-10H,(H,13,14);4-8H,1-3H3;/q-1;;;+3/p-1/t19-,20-;;;/m0.../s1. The van der Waals surface area contributed by atoms with E-state index in [0.29, 0.717) is 17.0 Å². The number of nitrogens with zero attached hydrogens (tertiary/aromatic N) is 1. The Morgan fingerprint density at radius 2 is 1.04 bits per heavy atom. The summed E-state index contributed by atoms with van der Waals surface area (Å²) in [5.41, 5.74) is 9.43. The second-order valence-electron chi connectivity index (χ2n) is 12.7. The normalized spacial score (nSPS) is 12.4. The van der Waals surface area contributed by atoms with Crippen LogP contribution in [-0.4, -0.2) is 8.42 Å². The van der Waals surface area contributed by atoms with Crippen molar-refractivity contribution in [1.29, 1.82) is 0 Å². The zero-order valence-electron chi connectivity index (χ0n) is 31.2. The average Bonchev–Trinajstić information content (AvgIpc) is 3.18. The number of benzene rings is 6. The molecule has 0 saturated carbocycles. The fourth-order valence-corrected chi connectivity index (χ4v) is 7.01. The molecule has 2 atom stereocenters. The predicted molar refractivity (Wildman–Crippen MR) is 212 cm³/mol. The molecular formula is C43H42F3N2O6PRuS+. The molecule has 0 aliphatic carbocycles. The molecule has 0 spiro atoms. The number of phosphoric acid groups is 1. The van der Waals surface area contributed by atoms with Crippen LogP contribution in [0.4, 0.5) is 13.2 Å². The molecule has 1 radical (unpaired) electrons. The van der Waals surface area contributed by atoms with E-state index in [-0.39, 0.29) is 35.9 Å². The zero-order valence-corrected chi connectivity index (χ0v) is 34.7. The van der Waals surface area contributed by atoms with Gasteiger partial charge >= 0.3 is 33.5 Å². The molecule has 0 aliphatic rings. The second kappa shape index (κ2) is 21.8. The van der Waals surface area contributed by atoms with Crippen molar-refractivity contribution in [3.05, 3.63) is 202 Å². The number of rotatable bonds is 11. The first-order valence-electron chi connectivity index (χ1n) is 17.4. The molecular weight excluding hydrogens is 862 g/mol. The summed E-state index contributed by atoms with van der Waals surface area (Å²) in [6.45, 7) is 6.54. The fourth-order valence-electron chi connectivity index (χ4n) is 5.06. The molecule has 6 rings (SSSR count). The Labute approximate surface area is 345 Å². The molecule has 14 heteroatoms. The van der Waals surface area contributed by atoms with Gasteiger partial charge < -0.3 is 24.4 Å². The van der Waals surface area contributed by atoms with Crippen LogP contribution in [0.5, 0.6) is 11.5 Å². The van der Waals surface area contributed by atoms with E-state index in [0.717, 1.165) is 24.3 Å². The number of sulfonamides is 1. The van der Waals surface area contributed by atoms with Crippen LogP contribution in [0.15, 0.2) is 175 Å². The molecule has 0 aliphatic heterocycles. The van der Waals surface area contributed by atoms with E-state index in [9.17, 15) is 31.0 Å². The molecule has 0 saturated heterocycles. The fraction of sp³-hybridized carbons (Fsp3) is 0.163. The van der Waals surface area contributed by atoms with E-state index >= 15 is 0 Å². The smallest absolute Gasteiger partial charge is 0.736 e. The van der Waals surface area contributed by atoms with Crippen molar-refractivity contribution in [1.82, 2.24) is 0 Å². The number of alkyl halides is 3. The topological polar surface area (TPSA) is 133 Å². The van der Waals surface area contributed by atoms with Gasteiger partial charge in [0.2, 0.25) is 0 Å². The minimum atomic E-state index is -4.55. The van der Waals surface area contributed by atoms with Gasteiger partial charge in [0.15, 0.2) is 0 Å². The Balaban J connectivity index is 0.000000261. The molecule has 57 heavy (non-hydrogen) atoms. The van der Waals surface area contributed by atoms with E-state index in [4.69, 9.17) is 14.8 Å². The van der Waals surface area contributed by atoms with E-state index in [1.54, 1.807) is 115 Å². The Hall–Kier alpha value is -4.61. The van der Waals surface area contributed by atoms with E-state index in [1.165, 1.54) is 11.1 Å². The molecule has 8 nitrogen and oxygen atoms in total. The van der Waals surface area contributed by atoms with Gasteiger partial charge in [-0.1, -0.05) is 152 Å². The monoisotopic (exact) mass is 904 g/mol. The summed E-state index contributed by atoms with van der Waals surface area (Å²) in [6, 6.07) is 44.2. The number of hydrogen-bond acceptors (Lipinski definition) is 7. The van der Waals surface area contributed by atoms with Gasteiger partial charge in [-0.25, -0.2) is 13.0 Å². The van der Waals surface area contributed by atoms with Crippen LogP contribution in [0.2, 0.25) is 0 Å². The van der Waals surface area contributed by atoms with Gasteiger partial charge in [0.1, 0.15) is 21.5 Å². The molecule has 299 valence electrons. The molecule has 0 unspecified atom stereocenters. The first-order valence-corrected chi connectivity index (χ1v) is 20.3. The van der Waals surface area contributed by atoms with Crippen molar-refractivity contribution in [3.63, 3.8) is 0 Å². The van der Waals surface area contributed by atoms with Gasteiger partial charge in [-0.2, -0.15) is 13.2 Å². The van der Waals surface area contributed by atoms with Gasteiger partial charge in [-0.15, -0.1) is 0 Å². The molecule has 6 aromatic carbocycles. The number of hydrogen-bond donors (Lipinski definition) is 1. The summed E-state index contributed by atoms with van der Waals surface area (Å²) in [5, 5.41) is 0. The van der Waals surface area contributed by atoms with Gasteiger partial charge in [0.25, 0.3) is 0 Å². The Morgan fingerprint density at radius 1 is 0.632 bits per heavy atom. The van der Waals surface area contributed by atoms with Crippen molar-refractivity contribution in [2.75, 3.05) is 0 Å². The van der Waals surface area contributed by atoms with Crippen molar-refractivity contribution in [3.8, 4) is 11.5 Å². The third-order valence-electron chi connectivity index (χ3n) is 8.06. The van der Waals surface area contributed by atoms with Crippen LogP contribution in [0.3, 0.4) is 0 Å². The third kappa shape index (κ3) is 15.3. The quantitative estimate of drug-likeness (QED) is 0.101. The van der Waals surface area contributed by atoms with Crippen LogP contribution < -0.4 is 19.7 Å². The number of para-hydroxylation sites is 2. The molecule has 0 bridgehead atoms. The van der Waals surface area contributed by atoms with Gasteiger partial charge in [-0.05, 0) is 72.5 Å². The van der Waals surface area contributed by atoms with E-state index in [2.05, 4.69) is 49.8 Å². The zero-order chi connectivity index (χ0) is 40.8. The van der Waals surface area contributed by atoms with Crippen molar-refractivity contribution < 1.29 is 59.6 Å². The SMILES string of the molecule is Cc1ccc(C(C)C)cc1.N[C@@H](c1ccccc1)[C@@H]([N-]S(=O)(=O)c1ccc(C(F)(F)F)cc1)c1ccccc1.O=P([O-])(Oc1ccccc1)Oc1ccccc1.[Ru+3]. The minimum Gasteiger partial charge on any atom is -0.736 e. The maximum absolute atomic E-state index is 12.8. The number of phosphoric ester groups is 1. The first-order chi connectivity index (χ1) is 26.5. The molecule has 0 aromatic heterocycles. The van der Waals surface area contributed by atoms with Gasteiger partial charge in [0.05, 0.1) is 5.56 Å². The summed E-state index contributed by atoms with van der Waals surface area (Å²) in [6.07, 6.45) is -4.55. The number of halogens is 3. The summed E-state index contributed by atoms with van der Waals surface area (Å²) in [5.74, 6) is 1.10. The Kier molecular flexibility index (Phi) is 17.9. The molecule has 0 amide bonds. The van der Waals surface area contributed by atoms with Crippen LogP contribution in [0.25, 0.3) is 4.72 Å². The number of nitrogens with two attached hydrogens (primary N) is 1. The first kappa shape index (κ1) is 46.8. The minimum absolute atomic E-state index is 0. The summed E-state index contributed by atoms with van der Waals surface area (Å²) in [7, 11) is -8.63. The van der Waals surface area contributed by atoms with Gasteiger partial charge in [0, 0.05) is 10.9 Å². The number of aryl methyl sites for hydroxylation is 1. The van der Waals surface area contributed by atoms with E-state index in [1.807, 2.05) is 6.07 Å². The van der Waals surface area contributed by atoms with Crippen LogP contribution >= 0.6 is 7.82 Å². The van der Waals surface area contributed by atoms with Crippen molar-refractivity contribution >= 4 is 17.8 Å².